The van der Waals surface area contributed by atoms with Crippen molar-refractivity contribution >= 4 is 11.7 Å². The second-order valence-corrected chi connectivity index (χ2v) is 8.27. The Balaban J connectivity index is 1.46. The lowest BCUT2D eigenvalue weighted by atomic mass is 10.0. The first-order chi connectivity index (χ1) is 15.6. The number of hydrogen-bond donors (Lipinski definition) is 0. The van der Waals surface area contributed by atoms with Crippen LogP contribution in [0.15, 0.2) is 48.7 Å². The number of halogens is 1. The van der Waals surface area contributed by atoms with E-state index >= 15 is 0 Å². The minimum atomic E-state index is -0.351. The summed E-state index contributed by atoms with van der Waals surface area (Å²) in [5, 5.41) is 4.79. The number of carbonyl (C=O) groups excluding carboxylic acids is 1. The Morgan fingerprint density at radius 2 is 1.94 bits per heavy atom. The molecule has 1 saturated heterocycles. The number of aromatic nitrogens is 3. The fraction of sp³-hybridized carbons (Fsp3) is 0.375. The lowest BCUT2D eigenvalue weighted by molar-refractivity contribution is 0.0663. The second-order valence-electron chi connectivity index (χ2n) is 8.27. The molecule has 1 fully saturated rings. The van der Waals surface area contributed by atoms with Crippen molar-refractivity contribution in [1.82, 2.24) is 19.7 Å². The van der Waals surface area contributed by atoms with Crippen LogP contribution in [0.5, 0.6) is 0 Å². The number of hydrogen-bond acceptors (Lipinski definition) is 5. The standard InChI is InChI=1S/C24H26FN5O2/c1-17-9-10-28(21-8-7-19(25)15-26-21)11-12-29(17)24(31)22-20-16-32-14-13-30(20)27-23(22)18-5-3-2-4-6-18/h2-8,15,17H,9-14,16H2,1H3/t17-/m1/s1. The van der Waals surface area contributed by atoms with Gasteiger partial charge in [-0.1, -0.05) is 30.3 Å². The molecular weight excluding hydrogens is 409 g/mol. The average molecular weight is 436 g/mol. The van der Waals surface area contributed by atoms with Crippen molar-refractivity contribution in [3.05, 3.63) is 65.7 Å². The number of anilines is 1. The fourth-order valence-corrected chi connectivity index (χ4v) is 4.46. The molecule has 1 aromatic carbocycles. The van der Waals surface area contributed by atoms with Gasteiger partial charge >= 0.3 is 0 Å². The van der Waals surface area contributed by atoms with Crippen LogP contribution in [-0.2, 0) is 17.9 Å². The number of fused-ring (bicyclic) bond motifs is 1. The number of amides is 1. The highest BCUT2D eigenvalue weighted by molar-refractivity contribution is 6.01. The molecule has 0 N–H and O–H groups in total. The molecule has 32 heavy (non-hydrogen) atoms. The van der Waals surface area contributed by atoms with Gasteiger partial charge in [0.2, 0.25) is 0 Å². The number of carbonyl (C=O) groups is 1. The molecule has 3 aromatic rings. The highest BCUT2D eigenvalue weighted by Crippen LogP contribution is 2.30. The molecular formula is C24H26FN5O2. The Morgan fingerprint density at radius 1 is 1.09 bits per heavy atom. The largest absolute Gasteiger partial charge is 0.373 e. The number of pyridine rings is 1. The maximum absolute atomic E-state index is 13.9. The minimum absolute atomic E-state index is 0.0166. The fourth-order valence-electron chi connectivity index (χ4n) is 4.46. The Kier molecular flexibility index (Phi) is 5.61. The maximum atomic E-state index is 13.9. The number of nitrogens with zero attached hydrogens (tertiary/aromatic N) is 5. The van der Waals surface area contributed by atoms with Crippen molar-refractivity contribution in [2.24, 2.45) is 0 Å². The predicted octanol–water partition coefficient (Wildman–Crippen LogP) is 3.36. The van der Waals surface area contributed by atoms with E-state index in [1.54, 1.807) is 6.07 Å². The van der Waals surface area contributed by atoms with Gasteiger partial charge in [0.1, 0.15) is 17.3 Å². The zero-order chi connectivity index (χ0) is 22.1. The van der Waals surface area contributed by atoms with Gasteiger partial charge in [0.05, 0.1) is 37.2 Å². The molecule has 0 saturated carbocycles. The highest BCUT2D eigenvalue weighted by atomic mass is 19.1. The van der Waals surface area contributed by atoms with Gasteiger partial charge in [0, 0.05) is 31.2 Å². The molecule has 0 unspecified atom stereocenters. The molecule has 7 nitrogen and oxygen atoms in total. The van der Waals surface area contributed by atoms with E-state index in [9.17, 15) is 9.18 Å². The van der Waals surface area contributed by atoms with Gasteiger partial charge in [-0.2, -0.15) is 5.10 Å². The van der Waals surface area contributed by atoms with Crippen LogP contribution in [-0.4, -0.2) is 57.9 Å². The lowest BCUT2D eigenvalue weighted by Gasteiger charge is -2.27. The van der Waals surface area contributed by atoms with Crippen LogP contribution < -0.4 is 4.90 Å². The van der Waals surface area contributed by atoms with Crippen molar-refractivity contribution in [1.29, 1.82) is 0 Å². The zero-order valence-electron chi connectivity index (χ0n) is 18.1. The SMILES string of the molecule is C[C@@H]1CCN(c2ccc(F)cn2)CCN1C(=O)c1c(-c2ccccc2)nn2c1COCC2. The molecule has 5 rings (SSSR count). The third-order valence-electron chi connectivity index (χ3n) is 6.26. The third-order valence-corrected chi connectivity index (χ3v) is 6.26. The zero-order valence-corrected chi connectivity index (χ0v) is 18.1. The van der Waals surface area contributed by atoms with Crippen LogP contribution in [0.1, 0.15) is 29.4 Å². The summed E-state index contributed by atoms with van der Waals surface area (Å²) in [6.07, 6.45) is 2.03. The van der Waals surface area contributed by atoms with E-state index in [-0.39, 0.29) is 17.8 Å². The van der Waals surface area contributed by atoms with E-state index in [2.05, 4.69) is 16.8 Å². The summed E-state index contributed by atoms with van der Waals surface area (Å²) in [5.74, 6) is 0.363. The Morgan fingerprint density at radius 3 is 2.72 bits per heavy atom. The molecule has 0 radical (unpaired) electrons. The summed E-state index contributed by atoms with van der Waals surface area (Å²) in [7, 11) is 0. The molecule has 2 aliphatic rings. The van der Waals surface area contributed by atoms with Crippen molar-refractivity contribution in [2.45, 2.75) is 32.5 Å². The first-order valence-electron chi connectivity index (χ1n) is 11.0. The molecule has 2 aliphatic heterocycles. The second kappa shape index (κ2) is 8.70. The third kappa shape index (κ3) is 3.86. The van der Waals surface area contributed by atoms with E-state index in [4.69, 9.17) is 9.84 Å². The van der Waals surface area contributed by atoms with E-state index in [1.807, 2.05) is 39.9 Å². The minimum Gasteiger partial charge on any atom is -0.373 e. The van der Waals surface area contributed by atoms with Gasteiger partial charge in [-0.05, 0) is 25.5 Å². The summed E-state index contributed by atoms with van der Waals surface area (Å²) < 4.78 is 20.9. The van der Waals surface area contributed by atoms with Crippen molar-refractivity contribution in [3.8, 4) is 11.3 Å². The number of rotatable bonds is 3. The summed E-state index contributed by atoms with van der Waals surface area (Å²) in [6, 6.07) is 13.0. The maximum Gasteiger partial charge on any atom is 0.258 e. The number of ether oxygens (including phenoxy) is 1. The van der Waals surface area contributed by atoms with Gasteiger partial charge in [-0.15, -0.1) is 0 Å². The van der Waals surface area contributed by atoms with Crippen LogP contribution >= 0.6 is 0 Å². The quantitative estimate of drug-likeness (QED) is 0.631. The topological polar surface area (TPSA) is 63.5 Å². The smallest absolute Gasteiger partial charge is 0.258 e. The van der Waals surface area contributed by atoms with Crippen molar-refractivity contribution in [3.63, 3.8) is 0 Å². The predicted molar refractivity (Wildman–Crippen MR) is 119 cm³/mol. The molecule has 1 atom stereocenters. The van der Waals surface area contributed by atoms with Crippen molar-refractivity contribution < 1.29 is 13.9 Å². The van der Waals surface area contributed by atoms with Gasteiger partial charge in [-0.3, -0.25) is 9.48 Å². The van der Waals surface area contributed by atoms with E-state index in [1.165, 1.54) is 12.3 Å². The average Bonchev–Trinajstić information content (AvgIpc) is 3.11. The normalized spacial score (nSPS) is 18.9. The van der Waals surface area contributed by atoms with Gasteiger partial charge in [0.25, 0.3) is 5.91 Å². The summed E-state index contributed by atoms with van der Waals surface area (Å²) in [4.78, 5) is 22.2. The summed E-state index contributed by atoms with van der Waals surface area (Å²) in [6.45, 7) is 5.64. The first-order valence-corrected chi connectivity index (χ1v) is 11.0. The number of benzene rings is 1. The Hall–Kier alpha value is -3.26. The van der Waals surface area contributed by atoms with Crippen LogP contribution in [0, 0.1) is 5.82 Å². The molecule has 0 aliphatic carbocycles. The molecule has 8 heteroatoms. The molecule has 4 heterocycles. The monoisotopic (exact) mass is 435 g/mol. The van der Waals surface area contributed by atoms with Crippen LogP contribution in [0.25, 0.3) is 11.3 Å². The Labute approximate surface area is 186 Å². The molecule has 0 bridgehead atoms. The highest BCUT2D eigenvalue weighted by Gasteiger charge is 2.33. The van der Waals surface area contributed by atoms with Gasteiger partial charge in [0.15, 0.2) is 0 Å². The van der Waals surface area contributed by atoms with E-state index in [0.717, 1.165) is 30.0 Å². The molecule has 1 amide bonds. The van der Waals surface area contributed by atoms with Crippen LogP contribution in [0.3, 0.4) is 0 Å². The summed E-state index contributed by atoms with van der Waals surface area (Å²) in [5.41, 5.74) is 3.12. The lowest BCUT2D eigenvalue weighted by Crippen LogP contribution is -2.40. The summed E-state index contributed by atoms with van der Waals surface area (Å²) >= 11 is 0. The van der Waals surface area contributed by atoms with Crippen LogP contribution in [0.2, 0.25) is 0 Å². The van der Waals surface area contributed by atoms with Gasteiger partial charge in [-0.25, -0.2) is 9.37 Å². The molecule has 2 aromatic heterocycles. The van der Waals surface area contributed by atoms with Crippen LogP contribution in [0.4, 0.5) is 10.2 Å². The van der Waals surface area contributed by atoms with E-state index < -0.39 is 0 Å². The van der Waals surface area contributed by atoms with Gasteiger partial charge < -0.3 is 14.5 Å². The first kappa shape index (κ1) is 20.6. The van der Waals surface area contributed by atoms with Crippen molar-refractivity contribution in [2.75, 3.05) is 31.1 Å². The van der Waals surface area contributed by atoms with E-state index in [0.29, 0.717) is 44.1 Å². The molecule has 0 spiro atoms. The molecule has 166 valence electrons. The Bertz CT molecular complexity index is 1100.